The van der Waals surface area contributed by atoms with E-state index in [1.165, 1.54) is 6.20 Å². The molecule has 96 valence electrons. The Morgan fingerprint density at radius 2 is 2.00 bits per heavy atom. The first-order valence-electron chi connectivity index (χ1n) is 5.54. The molecular weight excluding hydrogens is 246 g/mol. The average Bonchev–Trinajstić information content (AvgIpc) is 2.85. The highest BCUT2D eigenvalue weighted by Gasteiger charge is 2.19. The van der Waals surface area contributed by atoms with Crippen molar-refractivity contribution in [1.29, 1.82) is 10.5 Å². The topological polar surface area (TPSA) is 98.3 Å². The van der Waals surface area contributed by atoms with E-state index in [4.69, 9.17) is 20.0 Å². The summed E-state index contributed by atoms with van der Waals surface area (Å²) in [5.74, 6) is 1.11. The fourth-order valence-corrected chi connectivity index (χ4v) is 1.67. The van der Waals surface area contributed by atoms with Gasteiger partial charge in [0.2, 0.25) is 6.79 Å². The van der Waals surface area contributed by atoms with Crippen LogP contribution in [0.25, 0.3) is 0 Å². The summed E-state index contributed by atoms with van der Waals surface area (Å²) < 4.78 is 10.5. The summed E-state index contributed by atoms with van der Waals surface area (Å²) >= 11 is 0. The number of rotatable bonds is 3. The lowest BCUT2D eigenvalue weighted by Gasteiger charge is -2.13. The Balaban J connectivity index is 2.37. The fraction of sp³-hybridized carbons (Fsp3) is 0.231. The highest BCUT2D eigenvalue weighted by atomic mass is 16.7. The number of hydrogen-bond acceptors (Lipinski definition) is 6. The summed E-state index contributed by atoms with van der Waals surface area (Å²) in [6.45, 7) is 1.75. The van der Waals surface area contributed by atoms with Crippen LogP contribution in [-0.4, -0.2) is 11.9 Å². The molecule has 2 rings (SSSR count). The number of hydrogen-bond donors (Lipinski definition) is 2. The van der Waals surface area contributed by atoms with Crippen LogP contribution in [0.1, 0.15) is 18.6 Å². The smallest absolute Gasteiger partial charge is 0.231 e. The molecule has 1 aromatic carbocycles. The molecule has 6 nitrogen and oxygen atoms in total. The van der Waals surface area contributed by atoms with Crippen molar-refractivity contribution in [1.82, 2.24) is 0 Å². The molecular formula is C13H11N3O3. The minimum absolute atomic E-state index is 0.0609. The largest absolute Gasteiger partial charge is 0.454 e. The standard InChI is InChI=1S/C13H11N3O3/c1-8(17)10-2-12-13(19-7-18-12)3-11(10)16-6-9(4-14)5-15/h2-3,6,8,16-17H,7H2,1H3. The van der Waals surface area contributed by atoms with Crippen LogP contribution in [0.3, 0.4) is 0 Å². The Kier molecular flexibility index (Phi) is 3.56. The molecule has 0 saturated carbocycles. The van der Waals surface area contributed by atoms with Crippen LogP contribution in [0, 0.1) is 22.7 Å². The molecule has 1 unspecified atom stereocenters. The Hall–Kier alpha value is -2.70. The second-order valence-electron chi connectivity index (χ2n) is 3.89. The number of allylic oxidation sites excluding steroid dienone is 1. The maximum Gasteiger partial charge on any atom is 0.231 e. The van der Waals surface area contributed by atoms with Gasteiger partial charge in [-0.15, -0.1) is 0 Å². The van der Waals surface area contributed by atoms with Crippen molar-refractivity contribution in [2.75, 3.05) is 12.1 Å². The third kappa shape index (κ3) is 2.59. The molecule has 0 radical (unpaired) electrons. The van der Waals surface area contributed by atoms with Crippen molar-refractivity contribution < 1.29 is 14.6 Å². The molecule has 0 aromatic heterocycles. The van der Waals surface area contributed by atoms with Gasteiger partial charge in [0.15, 0.2) is 11.5 Å². The van der Waals surface area contributed by atoms with Crippen molar-refractivity contribution in [2.45, 2.75) is 13.0 Å². The maximum atomic E-state index is 9.73. The van der Waals surface area contributed by atoms with E-state index in [0.717, 1.165) is 0 Å². The summed E-state index contributed by atoms with van der Waals surface area (Å²) in [5, 5.41) is 29.9. The van der Waals surface area contributed by atoms with Gasteiger partial charge in [-0.05, 0) is 13.0 Å². The number of anilines is 1. The van der Waals surface area contributed by atoms with E-state index in [0.29, 0.717) is 22.7 Å². The van der Waals surface area contributed by atoms with Crippen LogP contribution in [0.15, 0.2) is 23.9 Å². The molecule has 0 amide bonds. The Labute approximate surface area is 110 Å². The first kappa shape index (κ1) is 12.7. The summed E-state index contributed by atoms with van der Waals surface area (Å²) in [5.41, 5.74) is 1.09. The highest BCUT2D eigenvalue weighted by molar-refractivity contribution is 5.63. The van der Waals surface area contributed by atoms with Crippen LogP contribution in [0.2, 0.25) is 0 Å². The number of nitriles is 2. The SMILES string of the molecule is CC(O)c1cc2c(cc1NC=C(C#N)C#N)OCO2. The summed E-state index contributed by atoms with van der Waals surface area (Å²) in [7, 11) is 0. The highest BCUT2D eigenvalue weighted by Crippen LogP contribution is 2.39. The zero-order valence-corrected chi connectivity index (χ0v) is 10.2. The van der Waals surface area contributed by atoms with Gasteiger partial charge in [-0.3, -0.25) is 0 Å². The van der Waals surface area contributed by atoms with E-state index >= 15 is 0 Å². The molecule has 1 aromatic rings. The second kappa shape index (κ2) is 5.30. The summed E-state index contributed by atoms with van der Waals surface area (Å²) in [4.78, 5) is 0. The number of nitrogens with one attached hydrogen (secondary N) is 1. The van der Waals surface area contributed by atoms with Gasteiger partial charge in [-0.25, -0.2) is 0 Å². The molecule has 2 N–H and O–H groups in total. The van der Waals surface area contributed by atoms with Gasteiger partial charge in [-0.2, -0.15) is 10.5 Å². The lowest BCUT2D eigenvalue weighted by atomic mass is 10.1. The van der Waals surface area contributed by atoms with Gasteiger partial charge in [0.25, 0.3) is 0 Å². The quantitative estimate of drug-likeness (QED) is 0.801. The van der Waals surface area contributed by atoms with Crippen LogP contribution in [0.4, 0.5) is 5.69 Å². The molecule has 1 heterocycles. The Morgan fingerprint density at radius 1 is 1.37 bits per heavy atom. The fourth-order valence-electron chi connectivity index (χ4n) is 1.67. The molecule has 0 saturated heterocycles. The molecule has 0 bridgehead atoms. The molecule has 1 aliphatic heterocycles. The number of ether oxygens (including phenoxy) is 2. The zero-order chi connectivity index (χ0) is 13.8. The lowest BCUT2D eigenvalue weighted by Crippen LogP contribution is -1.99. The van der Waals surface area contributed by atoms with E-state index in [-0.39, 0.29) is 12.4 Å². The summed E-state index contributed by atoms with van der Waals surface area (Å²) in [6, 6.07) is 6.81. The van der Waals surface area contributed by atoms with Gasteiger partial charge in [0, 0.05) is 23.5 Å². The molecule has 0 aliphatic carbocycles. The van der Waals surface area contributed by atoms with Gasteiger partial charge in [0.05, 0.1) is 6.10 Å². The minimum Gasteiger partial charge on any atom is -0.454 e. The maximum absolute atomic E-state index is 9.73. The monoisotopic (exact) mass is 257 g/mol. The molecule has 1 aliphatic rings. The number of fused-ring (bicyclic) bond motifs is 1. The van der Waals surface area contributed by atoms with Crippen LogP contribution in [-0.2, 0) is 0 Å². The molecule has 0 spiro atoms. The van der Waals surface area contributed by atoms with E-state index in [1.54, 1.807) is 31.2 Å². The van der Waals surface area contributed by atoms with Crippen molar-refractivity contribution >= 4 is 5.69 Å². The van der Waals surface area contributed by atoms with Gasteiger partial charge < -0.3 is 19.9 Å². The Bertz CT molecular complexity index is 593. The van der Waals surface area contributed by atoms with Crippen molar-refractivity contribution in [3.63, 3.8) is 0 Å². The number of aliphatic hydroxyl groups is 1. The summed E-state index contributed by atoms with van der Waals surface area (Å²) in [6.07, 6.45) is 0.557. The van der Waals surface area contributed by atoms with Crippen molar-refractivity contribution in [2.24, 2.45) is 0 Å². The van der Waals surface area contributed by atoms with E-state index in [1.807, 2.05) is 0 Å². The first-order chi connectivity index (χ1) is 9.15. The predicted octanol–water partition coefficient (Wildman–Crippen LogP) is 1.81. The van der Waals surface area contributed by atoms with Gasteiger partial charge >= 0.3 is 0 Å². The van der Waals surface area contributed by atoms with Crippen molar-refractivity contribution in [3.8, 4) is 23.6 Å². The third-order valence-electron chi connectivity index (χ3n) is 2.61. The lowest BCUT2D eigenvalue weighted by molar-refractivity contribution is 0.173. The predicted molar refractivity (Wildman–Crippen MR) is 66.1 cm³/mol. The molecule has 6 heteroatoms. The minimum atomic E-state index is -0.724. The van der Waals surface area contributed by atoms with Crippen LogP contribution >= 0.6 is 0 Å². The van der Waals surface area contributed by atoms with Gasteiger partial charge in [0.1, 0.15) is 17.7 Å². The number of nitrogens with zero attached hydrogens (tertiary/aromatic N) is 2. The first-order valence-corrected chi connectivity index (χ1v) is 5.54. The van der Waals surface area contributed by atoms with Crippen LogP contribution in [0.5, 0.6) is 11.5 Å². The van der Waals surface area contributed by atoms with E-state index in [2.05, 4.69) is 5.32 Å². The third-order valence-corrected chi connectivity index (χ3v) is 2.61. The zero-order valence-electron chi connectivity index (χ0n) is 10.2. The van der Waals surface area contributed by atoms with Crippen molar-refractivity contribution in [3.05, 3.63) is 29.5 Å². The molecule has 19 heavy (non-hydrogen) atoms. The van der Waals surface area contributed by atoms with E-state index < -0.39 is 6.10 Å². The van der Waals surface area contributed by atoms with Crippen LogP contribution < -0.4 is 14.8 Å². The normalized spacial score (nSPS) is 13.1. The molecule has 1 atom stereocenters. The Morgan fingerprint density at radius 3 is 2.58 bits per heavy atom. The second-order valence-corrected chi connectivity index (χ2v) is 3.89. The average molecular weight is 257 g/mol. The van der Waals surface area contributed by atoms with E-state index in [9.17, 15) is 5.11 Å². The van der Waals surface area contributed by atoms with Gasteiger partial charge in [-0.1, -0.05) is 0 Å². The molecule has 0 fully saturated rings. The number of benzene rings is 1. The number of aliphatic hydroxyl groups excluding tert-OH is 1.